The van der Waals surface area contributed by atoms with Crippen molar-refractivity contribution in [1.82, 2.24) is 4.90 Å². The molecule has 0 aromatic heterocycles. The summed E-state index contributed by atoms with van der Waals surface area (Å²) in [5, 5.41) is 0. The summed E-state index contributed by atoms with van der Waals surface area (Å²) < 4.78 is 11.7. The average molecular weight is 371 g/mol. The van der Waals surface area contributed by atoms with Crippen LogP contribution in [-0.2, 0) is 11.3 Å². The van der Waals surface area contributed by atoms with Gasteiger partial charge >= 0.3 is 6.09 Å². The Bertz CT molecular complexity index is 569. The summed E-state index contributed by atoms with van der Waals surface area (Å²) in [4.78, 5) is 14.0. The van der Waals surface area contributed by atoms with Crippen molar-refractivity contribution >= 4 is 22.0 Å². The molecule has 1 aliphatic rings. The first-order valence-electron chi connectivity index (χ1n) is 7.31. The van der Waals surface area contributed by atoms with Gasteiger partial charge < -0.3 is 20.1 Å². The number of amides is 1. The first-order valence-corrected chi connectivity index (χ1v) is 8.10. The van der Waals surface area contributed by atoms with Crippen molar-refractivity contribution in [3.05, 3.63) is 27.7 Å². The number of hydrogen-bond acceptors (Lipinski definition) is 4. The number of fused-ring (bicyclic) bond motifs is 1. The van der Waals surface area contributed by atoms with E-state index in [0.717, 1.165) is 21.3 Å². The minimum Gasteiger partial charge on any atom is -0.496 e. The fourth-order valence-corrected chi connectivity index (χ4v) is 2.99. The van der Waals surface area contributed by atoms with E-state index in [4.69, 9.17) is 15.2 Å². The fraction of sp³-hybridized carbons (Fsp3) is 0.562. The van der Waals surface area contributed by atoms with Gasteiger partial charge in [-0.15, -0.1) is 0 Å². The van der Waals surface area contributed by atoms with Gasteiger partial charge in [0.1, 0.15) is 11.4 Å². The maximum atomic E-state index is 12.3. The van der Waals surface area contributed by atoms with Crippen LogP contribution in [0.5, 0.6) is 5.75 Å². The third-order valence-electron chi connectivity index (χ3n) is 3.54. The predicted molar refractivity (Wildman–Crippen MR) is 88.9 cm³/mol. The van der Waals surface area contributed by atoms with E-state index in [2.05, 4.69) is 15.9 Å². The van der Waals surface area contributed by atoms with Crippen molar-refractivity contribution in [2.45, 2.75) is 45.4 Å². The first kappa shape index (κ1) is 17.1. The molecule has 1 aromatic rings. The molecule has 1 heterocycles. The van der Waals surface area contributed by atoms with E-state index in [0.29, 0.717) is 19.5 Å². The second-order valence-corrected chi connectivity index (χ2v) is 7.34. The van der Waals surface area contributed by atoms with E-state index < -0.39 is 5.60 Å². The zero-order valence-electron chi connectivity index (χ0n) is 13.5. The van der Waals surface area contributed by atoms with Gasteiger partial charge in [-0.2, -0.15) is 0 Å². The topological polar surface area (TPSA) is 64.8 Å². The molecule has 1 unspecified atom stereocenters. The zero-order valence-corrected chi connectivity index (χ0v) is 15.1. The van der Waals surface area contributed by atoms with Crippen molar-refractivity contribution in [1.29, 1.82) is 0 Å². The summed E-state index contributed by atoms with van der Waals surface area (Å²) in [6, 6.07) is 3.81. The van der Waals surface area contributed by atoms with Gasteiger partial charge in [-0.05, 0) is 66.4 Å². The molecule has 0 radical (unpaired) electrons. The van der Waals surface area contributed by atoms with Gasteiger partial charge in [-0.25, -0.2) is 4.79 Å². The quantitative estimate of drug-likeness (QED) is 0.819. The molecule has 1 aromatic carbocycles. The molecule has 1 aliphatic heterocycles. The van der Waals surface area contributed by atoms with Gasteiger partial charge in [-0.3, -0.25) is 0 Å². The van der Waals surface area contributed by atoms with Crippen LogP contribution in [0.3, 0.4) is 0 Å². The molecular weight excluding hydrogens is 348 g/mol. The number of nitrogens with two attached hydrogens (primary N) is 1. The predicted octanol–water partition coefficient (Wildman–Crippen LogP) is 3.60. The smallest absolute Gasteiger partial charge is 0.410 e. The summed E-state index contributed by atoms with van der Waals surface area (Å²) in [7, 11) is 1.62. The third kappa shape index (κ3) is 3.93. The van der Waals surface area contributed by atoms with E-state index in [9.17, 15) is 4.79 Å². The zero-order chi connectivity index (χ0) is 16.5. The summed E-state index contributed by atoms with van der Waals surface area (Å²) in [5.41, 5.74) is 7.78. The Morgan fingerprint density at radius 3 is 2.68 bits per heavy atom. The van der Waals surface area contributed by atoms with E-state index in [1.54, 1.807) is 12.0 Å². The van der Waals surface area contributed by atoms with Crippen LogP contribution in [0.25, 0.3) is 0 Å². The van der Waals surface area contributed by atoms with Gasteiger partial charge in [0.25, 0.3) is 0 Å². The number of carbonyl (C=O) groups is 1. The Morgan fingerprint density at radius 1 is 1.41 bits per heavy atom. The molecule has 6 heteroatoms. The van der Waals surface area contributed by atoms with Crippen LogP contribution in [0.2, 0.25) is 0 Å². The number of ether oxygens (including phenoxy) is 2. The summed E-state index contributed by atoms with van der Waals surface area (Å²) in [5.74, 6) is 0.733. The normalized spacial score (nSPS) is 18.5. The SMILES string of the molecule is COc1cc2c(cc1Br)C(N)CCN(C(=O)OC(C)(C)C)C2. The van der Waals surface area contributed by atoms with Gasteiger partial charge in [-0.1, -0.05) is 0 Å². The number of rotatable bonds is 1. The number of nitrogens with zero attached hydrogens (tertiary/aromatic N) is 1. The molecular formula is C16H23BrN2O3. The number of carbonyl (C=O) groups excluding carboxylic acids is 1. The van der Waals surface area contributed by atoms with Crippen molar-refractivity contribution in [3.63, 3.8) is 0 Å². The molecule has 2 rings (SSSR count). The van der Waals surface area contributed by atoms with Gasteiger partial charge in [0, 0.05) is 19.1 Å². The Balaban J connectivity index is 2.29. The highest BCUT2D eigenvalue weighted by Gasteiger charge is 2.27. The molecule has 1 atom stereocenters. The van der Waals surface area contributed by atoms with Crippen LogP contribution in [0.15, 0.2) is 16.6 Å². The summed E-state index contributed by atoms with van der Waals surface area (Å²) in [6.45, 7) is 6.64. The monoisotopic (exact) mass is 370 g/mol. The lowest BCUT2D eigenvalue weighted by Crippen LogP contribution is -2.36. The number of benzene rings is 1. The number of methoxy groups -OCH3 is 1. The average Bonchev–Trinajstić information content (AvgIpc) is 2.56. The lowest BCUT2D eigenvalue weighted by atomic mass is 10.00. The molecule has 0 bridgehead atoms. The Labute approximate surface area is 139 Å². The number of halogens is 1. The maximum absolute atomic E-state index is 12.3. The van der Waals surface area contributed by atoms with Gasteiger partial charge in [0.2, 0.25) is 0 Å². The lowest BCUT2D eigenvalue weighted by Gasteiger charge is -2.26. The Morgan fingerprint density at radius 2 is 2.09 bits per heavy atom. The van der Waals surface area contributed by atoms with Crippen LogP contribution in [0.4, 0.5) is 4.79 Å². The third-order valence-corrected chi connectivity index (χ3v) is 4.16. The fourth-order valence-electron chi connectivity index (χ4n) is 2.47. The van der Waals surface area contributed by atoms with E-state index >= 15 is 0 Å². The molecule has 0 spiro atoms. The molecule has 122 valence electrons. The van der Waals surface area contributed by atoms with E-state index in [-0.39, 0.29) is 12.1 Å². The second-order valence-electron chi connectivity index (χ2n) is 6.48. The lowest BCUT2D eigenvalue weighted by molar-refractivity contribution is 0.0235. The van der Waals surface area contributed by atoms with Crippen molar-refractivity contribution < 1.29 is 14.3 Å². The summed E-state index contributed by atoms with van der Waals surface area (Å²) >= 11 is 3.49. The molecule has 5 nitrogen and oxygen atoms in total. The van der Waals surface area contributed by atoms with Crippen LogP contribution in [0.1, 0.15) is 44.4 Å². The molecule has 0 fully saturated rings. The first-order chi connectivity index (χ1) is 10.2. The van der Waals surface area contributed by atoms with E-state index in [1.807, 2.05) is 32.9 Å². The van der Waals surface area contributed by atoms with E-state index in [1.165, 1.54) is 0 Å². The highest BCUT2D eigenvalue weighted by atomic mass is 79.9. The van der Waals surface area contributed by atoms with Crippen LogP contribution in [0, 0.1) is 0 Å². The molecule has 0 aliphatic carbocycles. The maximum Gasteiger partial charge on any atom is 0.410 e. The number of hydrogen-bond donors (Lipinski definition) is 1. The highest BCUT2D eigenvalue weighted by molar-refractivity contribution is 9.10. The largest absolute Gasteiger partial charge is 0.496 e. The minimum absolute atomic E-state index is 0.107. The molecule has 1 amide bonds. The second kappa shape index (κ2) is 6.46. The summed E-state index contributed by atoms with van der Waals surface area (Å²) in [6.07, 6.45) is 0.389. The van der Waals surface area contributed by atoms with Crippen LogP contribution in [-0.4, -0.2) is 30.2 Å². The van der Waals surface area contributed by atoms with Gasteiger partial charge in [0.15, 0.2) is 0 Å². The van der Waals surface area contributed by atoms with Crippen LogP contribution >= 0.6 is 15.9 Å². The minimum atomic E-state index is -0.508. The Hall–Kier alpha value is -1.27. The molecule has 0 saturated heterocycles. The molecule has 0 saturated carbocycles. The van der Waals surface area contributed by atoms with Crippen molar-refractivity contribution in [2.24, 2.45) is 5.73 Å². The van der Waals surface area contributed by atoms with Crippen molar-refractivity contribution in [2.75, 3.05) is 13.7 Å². The molecule has 22 heavy (non-hydrogen) atoms. The van der Waals surface area contributed by atoms with Crippen LogP contribution < -0.4 is 10.5 Å². The van der Waals surface area contributed by atoms with Gasteiger partial charge in [0.05, 0.1) is 11.6 Å². The Kier molecular flexibility index (Phi) is 5.02. The standard InChI is InChI=1S/C16H23BrN2O3/c1-16(2,3)22-15(20)19-6-5-13(18)11-8-12(17)14(21-4)7-10(11)9-19/h7-8,13H,5-6,9,18H2,1-4H3. The highest BCUT2D eigenvalue weighted by Crippen LogP contribution is 2.34. The molecule has 2 N–H and O–H groups in total. The van der Waals surface area contributed by atoms with Crippen molar-refractivity contribution in [3.8, 4) is 5.75 Å².